The largest absolute Gasteiger partial charge is 0.470 e. The molecular formula is C15H20FN3O2. The molecule has 5 nitrogen and oxygen atoms in total. The van der Waals surface area contributed by atoms with Crippen LogP contribution in [0.3, 0.4) is 0 Å². The molecule has 1 aliphatic heterocycles. The molecule has 2 aliphatic rings. The third-order valence-corrected chi connectivity index (χ3v) is 4.10. The third kappa shape index (κ3) is 3.31. The van der Waals surface area contributed by atoms with Gasteiger partial charge in [-0.1, -0.05) is 6.92 Å². The standard InChI is InChI=1S/C15H20FN3O2/c1-2-12-14(16)15(18-9-17-12)21-11-5-6-19(8-11)13(20)7-10-3-4-10/h9-11H,2-8H2,1H3. The maximum absolute atomic E-state index is 14.0. The number of halogens is 1. The lowest BCUT2D eigenvalue weighted by atomic mass is 10.2. The summed E-state index contributed by atoms with van der Waals surface area (Å²) >= 11 is 0. The summed E-state index contributed by atoms with van der Waals surface area (Å²) in [5.74, 6) is 0.302. The molecule has 114 valence electrons. The van der Waals surface area contributed by atoms with Gasteiger partial charge in [0.2, 0.25) is 11.7 Å². The van der Waals surface area contributed by atoms with Gasteiger partial charge in [-0.05, 0) is 25.2 Å². The van der Waals surface area contributed by atoms with Crippen LogP contribution in [0.4, 0.5) is 4.39 Å². The van der Waals surface area contributed by atoms with Crippen LogP contribution in [0.2, 0.25) is 0 Å². The van der Waals surface area contributed by atoms with Crippen molar-refractivity contribution in [3.63, 3.8) is 0 Å². The van der Waals surface area contributed by atoms with Crippen LogP contribution in [0, 0.1) is 11.7 Å². The quantitative estimate of drug-likeness (QED) is 0.832. The van der Waals surface area contributed by atoms with Gasteiger partial charge < -0.3 is 9.64 Å². The van der Waals surface area contributed by atoms with Crippen LogP contribution in [0.15, 0.2) is 6.33 Å². The second-order valence-electron chi connectivity index (χ2n) is 5.81. The van der Waals surface area contributed by atoms with Gasteiger partial charge in [0, 0.05) is 19.4 Å². The molecule has 0 bridgehead atoms. The molecule has 1 unspecified atom stereocenters. The van der Waals surface area contributed by atoms with Gasteiger partial charge in [0.1, 0.15) is 12.4 Å². The highest BCUT2D eigenvalue weighted by Crippen LogP contribution is 2.33. The van der Waals surface area contributed by atoms with E-state index in [0.717, 1.165) is 6.42 Å². The molecule has 2 fully saturated rings. The van der Waals surface area contributed by atoms with Gasteiger partial charge in [-0.3, -0.25) is 4.79 Å². The fraction of sp³-hybridized carbons (Fsp3) is 0.667. The highest BCUT2D eigenvalue weighted by molar-refractivity contribution is 5.77. The van der Waals surface area contributed by atoms with Crippen molar-refractivity contribution in [2.24, 2.45) is 5.92 Å². The molecule has 2 heterocycles. The van der Waals surface area contributed by atoms with E-state index >= 15 is 0 Å². The average Bonchev–Trinajstić information content (AvgIpc) is 3.16. The molecule has 0 spiro atoms. The highest BCUT2D eigenvalue weighted by atomic mass is 19.1. The topological polar surface area (TPSA) is 55.3 Å². The van der Waals surface area contributed by atoms with E-state index in [2.05, 4.69) is 9.97 Å². The van der Waals surface area contributed by atoms with Crippen molar-refractivity contribution >= 4 is 5.91 Å². The van der Waals surface area contributed by atoms with E-state index in [9.17, 15) is 9.18 Å². The first-order chi connectivity index (χ1) is 10.2. The number of hydrogen-bond donors (Lipinski definition) is 0. The molecule has 1 aromatic heterocycles. The Balaban J connectivity index is 1.58. The number of likely N-dealkylation sites (tertiary alicyclic amines) is 1. The van der Waals surface area contributed by atoms with Gasteiger partial charge in [0.05, 0.1) is 12.2 Å². The molecule has 0 N–H and O–H groups in total. The zero-order valence-corrected chi connectivity index (χ0v) is 12.2. The van der Waals surface area contributed by atoms with E-state index in [-0.39, 0.29) is 17.9 Å². The number of ether oxygens (including phenoxy) is 1. The summed E-state index contributed by atoms with van der Waals surface area (Å²) < 4.78 is 19.7. The molecule has 1 saturated carbocycles. The first kappa shape index (κ1) is 14.2. The van der Waals surface area contributed by atoms with Crippen molar-refractivity contribution in [2.75, 3.05) is 13.1 Å². The zero-order chi connectivity index (χ0) is 14.8. The Morgan fingerprint density at radius 3 is 2.95 bits per heavy atom. The number of hydrogen-bond acceptors (Lipinski definition) is 4. The predicted molar refractivity (Wildman–Crippen MR) is 74.3 cm³/mol. The molecule has 0 radical (unpaired) electrons. The van der Waals surface area contributed by atoms with Gasteiger partial charge in [0.25, 0.3) is 5.88 Å². The van der Waals surface area contributed by atoms with Crippen LogP contribution in [-0.2, 0) is 11.2 Å². The first-order valence-electron chi connectivity index (χ1n) is 7.61. The molecule has 1 saturated heterocycles. The number of aryl methyl sites for hydroxylation is 1. The fourth-order valence-electron chi connectivity index (χ4n) is 2.62. The van der Waals surface area contributed by atoms with E-state index in [1.165, 1.54) is 19.2 Å². The summed E-state index contributed by atoms with van der Waals surface area (Å²) in [7, 11) is 0. The first-order valence-corrected chi connectivity index (χ1v) is 7.61. The Hall–Kier alpha value is -1.72. The number of aromatic nitrogens is 2. The minimum Gasteiger partial charge on any atom is -0.470 e. The summed E-state index contributed by atoms with van der Waals surface area (Å²) in [6.45, 7) is 3.04. The average molecular weight is 293 g/mol. The summed E-state index contributed by atoms with van der Waals surface area (Å²) in [6.07, 6.45) is 5.36. The maximum atomic E-state index is 14.0. The van der Waals surface area contributed by atoms with Gasteiger partial charge in [-0.15, -0.1) is 0 Å². The lowest BCUT2D eigenvalue weighted by Gasteiger charge is -2.17. The third-order valence-electron chi connectivity index (χ3n) is 4.10. The van der Waals surface area contributed by atoms with Crippen molar-refractivity contribution in [1.82, 2.24) is 14.9 Å². The highest BCUT2D eigenvalue weighted by Gasteiger charge is 2.32. The van der Waals surface area contributed by atoms with E-state index in [1.54, 1.807) is 0 Å². The number of rotatable bonds is 5. The SMILES string of the molecule is CCc1ncnc(OC2CCN(C(=O)CC3CC3)C2)c1F. The van der Waals surface area contributed by atoms with Crippen LogP contribution >= 0.6 is 0 Å². The van der Waals surface area contributed by atoms with Crippen molar-refractivity contribution in [1.29, 1.82) is 0 Å². The molecule has 1 aliphatic carbocycles. The smallest absolute Gasteiger partial charge is 0.254 e. The van der Waals surface area contributed by atoms with E-state index in [1.807, 2.05) is 11.8 Å². The van der Waals surface area contributed by atoms with Crippen molar-refractivity contribution in [3.8, 4) is 5.88 Å². The summed E-state index contributed by atoms with van der Waals surface area (Å²) in [4.78, 5) is 21.6. The van der Waals surface area contributed by atoms with Crippen molar-refractivity contribution in [2.45, 2.75) is 45.1 Å². The van der Waals surface area contributed by atoms with Gasteiger partial charge in [-0.25, -0.2) is 4.98 Å². The van der Waals surface area contributed by atoms with Crippen LogP contribution in [0.5, 0.6) is 5.88 Å². The molecule has 3 rings (SSSR count). The Labute approximate surface area is 123 Å². The lowest BCUT2D eigenvalue weighted by molar-refractivity contribution is -0.130. The minimum atomic E-state index is -0.484. The maximum Gasteiger partial charge on any atom is 0.254 e. The second-order valence-corrected chi connectivity index (χ2v) is 5.81. The molecule has 0 aromatic carbocycles. The lowest BCUT2D eigenvalue weighted by Crippen LogP contribution is -2.31. The zero-order valence-electron chi connectivity index (χ0n) is 12.2. The van der Waals surface area contributed by atoms with E-state index in [0.29, 0.717) is 37.5 Å². The second kappa shape index (κ2) is 5.95. The molecule has 21 heavy (non-hydrogen) atoms. The molecule has 6 heteroatoms. The number of amides is 1. The van der Waals surface area contributed by atoms with Gasteiger partial charge in [0.15, 0.2) is 0 Å². The Bertz CT molecular complexity index is 534. The normalized spacial score (nSPS) is 21.6. The fourth-order valence-corrected chi connectivity index (χ4v) is 2.62. The summed E-state index contributed by atoms with van der Waals surface area (Å²) in [5.41, 5.74) is 0.361. The molecule has 1 aromatic rings. The van der Waals surface area contributed by atoms with Crippen LogP contribution in [-0.4, -0.2) is 40.0 Å². The Morgan fingerprint density at radius 1 is 1.43 bits per heavy atom. The summed E-state index contributed by atoms with van der Waals surface area (Å²) in [5, 5.41) is 0. The van der Waals surface area contributed by atoms with Crippen molar-refractivity contribution < 1.29 is 13.9 Å². The molecule has 1 amide bonds. The predicted octanol–water partition coefficient (Wildman–Crippen LogP) is 1.96. The Kier molecular flexibility index (Phi) is 4.03. The van der Waals surface area contributed by atoms with Crippen LogP contribution < -0.4 is 4.74 Å². The summed E-state index contributed by atoms with van der Waals surface area (Å²) in [6, 6.07) is 0. The Morgan fingerprint density at radius 2 is 2.24 bits per heavy atom. The number of carbonyl (C=O) groups is 1. The van der Waals surface area contributed by atoms with E-state index in [4.69, 9.17) is 4.74 Å². The van der Waals surface area contributed by atoms with Gasteiger partial charge >= 0.3 is 0 Å². The monoisotopic (exact) mass is 293 g/mol. The minimum absolute atomic E-state index is 0.00309. The van der Waals surface area contributed by atoms with Crippen molar-refractivity contribution in [3.05, 3.63) is 17.8 Å². The molecular weight excluding hydrogens is 273 g/mol. The van der Waals surface area contributed by atoms with Crippen LogP contribution in [0.25, 0.3) is 0 Å². The number of carbonyl (C=O) groups excluding carboxylic acids is 1. The molecule has 1 atom stereocenters. The number of nitrogens with zero attached hydrogens (tertiary/aromatic N) is 3. The van der Waals surface area contributed by atoms with Crippen LogP contribution in [0.1, 0.15) is 38.3 Å². The van der Waals surface area contributed by atoms with Gasteiger partial charge in [-0.2, -0.15) is 9.37 Å². The van der Waals surface area contributed by atoms with E-state index < -0.39 is 5.82 Å².